The van der Waals surface area contributed by atoms with Gasteiger partial charge >= 0.3 is 0 Å². The molecule has 2 amide bonds. The molecule has 0 radical (unpaired) electrons. The highest BCUT2D eigenvalue weighted by Crippen LogP contribution is 2.55. The lowest BCUT2D eigenvalue weighted by atomic mass is 9.51. The minimum Gasteiger partial charge on any atom is -0.392 e. The molecule has 0 aromatic carbocycles. The summed E-state index contributed by atoms with van der Waals surface area (Å²) in [6, 6.07) is 9.06. The van der Waals surface area contributed by atoms with Crippen LogP contribution >= 0.6 is 0 Å². The summed E-state index contributed by atoms with van der Waals surface area (Å²) in [6.45, 7) is 6.74. The van der Waals surface area contributed by atoms with E-state index in [0.717, 1.165) is 31.2 Å². The van der Waals surface area contributed by atoms with Crippen molar-refractivity contribution in [1.29, 1.82) is 0 Å². The zero-order valence-corrected chi connectivity index (χ0v) is 20.3. The summed E-state index contributed by atoms with van der Waals surface area (Å²) >= 11 is 0. The maximum Gasteiger partial charge on any atom is 0.270 e. The summed E-state index contributed by atoms with van der Waals surface area (Å²) in [5.74, 6) is -0.518. The Hall–Kier alpha value is -2.80. The molecule has 0 spiro atoms. The van der Waals surface area contributed by atoms with E-state index in [4.69, 9.17) is 0 Å². The Kier molecular flexibility index (Phi) is 7.31. The lowest BCUT2D eigenvalue weighted by Crippen LogP contribution is -2.58. The molecular formula is C27H36N4O3. The van der Waals surface area contributed by atoms with E-state index < -0.39 is 6.10 Å². The number of hydrogen-bond donors (Lipinski definition) is 3. The third kappa shape index (κ3) is 4.99. The first-order chi connectivity index (χ1) is 16.3. The van der Waals surface area contributed by atoms with Crippen LogP contribution in [0, 0.1) is 29.1 Å². The van der Waals surface area contributed by atoms with Crippen LogP contribution in [0.4, 0.5) is 0 Å². The minimum atomic E-state index is -0.595. The Balaban J connectivity index is 1.42. The molecule has 3 N–H and O–H groups in total. The van der Waals surface area contributed by atoms with Crippen molar-refractivity contribution in [1.82, 2.24) is 20.6 Å². The monoisotopic (exact) mass is 464 g/mol. The van der Waals surface area contributed by atoms with E-state index in [1.165, 1.54) is 0 Å². The summed E-state index contributed by atoms with van der Waals surface area (Å²) < 4.78 is 0. The number of amides is 2. The van der Waals surface area contributed by atoms with E-state index in [9.17, 15) is 14.7 Å². The molecule has 2 fully saturated rings. The van der Waals surface area contributed by atoms with Crippen LogP contribution < -0.4 is 10.6 Å². The van der Waals surface area contributed by atoms with Crippen LogP contribution in [0.1, 0.15) is 62.5 Å². The van der Waals surface area contributed by atoms with Gasteiger partial charge in [0.05, 0.1) is 6.10 Å². The second kappa shape index (κ2) is 10.2. The highest BCUT2D eigenvalue weighted by molar-refractivity contribution is 5.92. The number of hydrogen-bond acceptors (Lipinski definition) is 5. The lowest BCUT2D eigenvalue weighted by molar-refractivity contribution is -0.142. The number of aliphatic hydroxyl groups is 1. The highest BCUT2D eigenvalue weighted by atomic mass is 16.3. The second-order valence-corrected chi connectivity index (χ2v) is 10.4. The summed E-state index contributed by atoms with van der Waals surface area (Å²) in [6.07, 6.45) is 8.11. The van der Waals surface area contributed by atoms with E-state index in [1.807, 2.05) is 19.1 Å². The van der Waals surface area contributed by atoms with Gasteiger partial charge in [-0.25, -0.2) is 0 Å². The van der Waals surface area contributed by atoms with Gasteiger partial charge in [0, 0.05) is 37.1 Å². The number of nitrogens with zero attached hydrogens (tertiary/aromatic N) is 2. The van der Waals surface area contributed by atoms with Gasteiger partial charge in [-0.15, -0.1) is 0 Å². The Labute approximate surface area is 201 Å². The normalized spacial score (nSPS) is 31.7. The molecule has 1 unspecified atom stereocenters. The predicted octanol–water partition coefficient (Wildman–Crippen LogP) is 3.35. The molecule has 34 heavy (non-hydrogen) atoms. The molecule has 2 aromatic rings. The zero-order valence-electron chi connectivity index (χ0n) is 20.3. The van der Waals surface area contributed by atoms with Gasteiger partial charge in [0.25, 0.3) is 5.91 Å². The number of rotatable bonds is 6. The summed E-state index contributed by atoms with van der Waals surface area (Å²) in [7, 11) is 0. The van der Waals surface area contributed by atoms with E-state index in [1.54, 1.807) is 36.8 Å². The second-order valence-electron chi connectivity index (χ2n) is 10.4. The lowest BCUT2D eigenvalue weighted by Gasteiger charge is -2.56. The maximum absolute atomic E-state index is 12.9. The highest BCUT2D eigenvalue weighted by Gasteiger charge is 2.53. The molecular weight excluding hydrogens is 428 g/mol. The van der Waals surface area contributed by atoms with Crippen LogP contribution in [0.2, 0.25) is 0 Å². The molecule has 2 aliphatic carbocycles. The van der Waals surface area contributed by atoms with Crippen LogP contribution in [-0.2, 0) is 11.3 Å². The van der Waals surface area contributed by atoms with Crippen molar-refractivity contribution in [2.24, 2.45) is 29.1 Å². The molecule has 2 aromatic heterocycles. The molecule has 7 nitrogen and oxygen atoms in total. The van der Waals surface area contributed by atoms with Crippen molar-refractivity contribution >= 4 is 11.8 Å². The van der Waals surface area contributed by atoms with Gasteiger partial charge in [-0.1, -0.05) is 32.9 Å². The maximum atomic E-state index is 12.9. The van der Waals surface area contributed by atoms with Gasteiger partial charge in [-0.2, -0.15) is 0 Å². The Morgan fingerprint density at radius 3 is 2.68 bits per heavy atom. The van der Waals surface area contributed by atoms with Gasteiger partial charge < -0.3 is 15.7 Å². The summed E-state index contributed by atoms with van der Waals surface area (Å²) in [4.78, 5) is 33.9. The summed E-state index contributed by atoms with van der Waals surface area (Å²) in [5.41, 5.74) is 1.37. The van der Waals surface area contributed by atoms with E-state index in [0.29, 0.717) is 12.2 Å². The number of fused-ring (bicyclic) bond motifs is 1. The molecule has 0 saturated heterocycles. The molecule has 4 rings (SSSR count). The van der Waals surface area contributed by atoms with Crippen LogP contribution in [0.25, 0.3) is 0 Å². The van der Waals surface area contributed by atoms with E-state index >= 15 is 0 Å². The average molecular weight is 465 g/mol. The summed E-state index contributed by atoms with van der Waals surface area (Å²) in [5, 5.41) is 17.7. The van der Waals surface area contributed by atoms with Crippen molar-refractivity contribution in [2.45, 2.75) is 65.1 Å². The number of aromatic nitrogens is 2. The largest absolute Gasteiger partial charge is 0.392 e. The fourth-order valence-electron chi connectivity index (χ4n) is 6.28. The van der Waals surface area contributed by atoms with Crippen molar-refractivity contribution in [2.75, 3.05) is 0 Å². The molecule has 182 valence electrons. The number of pyridine rings is 2. The first-order valence-corrected chi connectivity index (χ1v) is 12.4. The van der Waals surface area contributed by atoms with Gasteiger partial charge in [0.1, 0.15) is 5.69 Å². The van der Waals surface area contributed by atoms with Crippen LogP contribution in [0.3, 0.4) is 0 Å². The molecule has 0 aliphatic heterocycles. The topological polar surface area (TPSA) is 104 Å². The van der Waals surface area contributed by atoms with Crippen molar-refractivity contribution in [3.63, 3.8) is 0 Å². The van der Waals surface area contributed by atoms with Crippen molar-refractivity contribution in [3.05, 3.63) is 60.2 Å². The molecule has 0 bridgehead atoms. The standard InChI is InChI=1S/C27H36N4O3/c1-17(25(33)30-16-19-7-6-13-28-15-19)20-9-11-27(3)12-10-21(18(2)23(27)24(20)32)31-26(34)22-8-4-5-14-29-22/h4-8,13-15,17-18,20-21,23-24,32H,9-12,16H2,1-3H3,(H,30,33)(H,31,34)/t17-,18+,20?,21-,23+,24-,27-/m0/s1. The van der Waals surface area contributed by atoms with E-state index in [-0.39, 0.29) is 46.9 Å². The number of nitrogens with one attached hydrogen (secondary N) is 2. The Bertz CT molecular complexity index is 986. The zero-order chi connectivity index (χ0) is 24.3. The quantitative estimate of drug-likeness (QED) is 0.608. The fraction of sp³-hybridized carbons (Fsp3) is 0.556. The predicted molar refractivity (Wildman–Crippen MR) is 129 cm³/mol. The number of aliphatic hydroxyl groups excluding tert-OH is 1. The average Bonchev–Trinajstić information content (AvgIpc) is 2.85. The van der Waals surface area contributed by atoms with Crippen LogP contribution in [0.5, 0.6) is 0 Å². The number of carbonyl (C=O) groups excluding carboxylic acids is 2. The third-order valence-corrected chi connectivity index (χ3v) is 8.35. The number of carbonyl (C=O) groups is 2. The Morgan fingerprint density at radius 1 is 1.18 bits per heavy atom. The minimum absolute atomic E-state index is 0.00740. The fourth-order valence-corrected chi connectivity index (χ4v) is 6.28. The SMILES string of the molecule is C[C@H]1[C@@H]2[C@@H](O)C([C@H](C)C(=O)NCc3cccnc3)CC[C@@]2(C)CC[C@@H]1NC(=O)c1ccccn1. The van der Waals surface area contributed by atoms with Gasteiger partial charge in [-0.05, 0) is 72.6 Å². The van der Waals surface area contributed by atoms with Crippen molar-refractivity contribution in [3.8, 4) is 0 Å². The van der Waals surface area contributed by atoms with Gasteiger partial charge in [-0.3, -0.25) is 19.6 Å². The van der Waals surface area contributed by atoms with Gasteiger partial charge in [0.15, 0.2) is 0 Å². The van der Waals surface area contributed by atoms with Crippen molar-refractivity contribution < 1.29 is 14.7 Å². The van der Waals surface area contributed by atoms with Gasteiger partial charge in [0.2, 0.25) is 5.91 Å². The first-order valence-electron chi connectivity index (χ1n) is 12.4. The first kappa shape index (κ1) is 24.3. The molecule has 7 heteroatoms. The third-order valence-electron chi connectivity index (χ3n) is 8.35. The molecule has 2 heterocycles. The molecule has 2 aliphatic rings. The Morgan fingerprint density at radius 2 is 1.97 bits per heavy atom. The van der Waals surface area contributed by atoms with Crippen LogP contribution in [0.15, 0.2) is 48.9 Å². The molecule has 2 saturated carbocycles. The van der Waals surface area contributed by atoms with Crippen LogP contribution in [-0.4, -0.2) is 39.0 Å². The van der Waals surface area contributed by atoms with E-state index in [2.05, 4.69) is 34.4 Å². The smallest absolute Gasteiger partial charge is 0.270 e. The molecule has 7 atom stereocenters.